The largest absolute Gasteiger partial charge is 0.493 e. The number of ether oxygens (including phenoxy) is 2. The molecule has 0 unspecified atom stereocenters. The molecule has 1 fully saturated rings. The molecule has 1 aliphatic rings. The van der Waals surface area contributed by atoms with Crippen LogP contribution in [0.4, 0.5) is 10.5 Å². The Kier molecular flexibility index (Phi) is 8.44. The van der Waals surface area contributed by atoms with Crippen LogP contribution in [0, 0.1) is 5.92 Å². The van der Waals surface area contributed by atoms with Gasteiger partial charge in [0, 0.05) is 31.3 Å². The minimum absolute atomic E-state index is 0.139. The summed E-state index contributed by atoms with van der Waals surface area (Å²) in [6.07, 6.45) is 3.17. The van der Waals surface area contributed by atoms with Crippen LogP contribution >= 0.6 is 31.9 Å². The summed E-state index contributed by atoms with van der Waals surface area (Å²) in [7, 11) is 0. The Morgan fingerprint density at radius 3 is 2.55 bits per heavy atom. The Morgan fingerprint density at radius 1 is 1.24 bits per heavy atom. The predicted octanol–water partition coefficient (Wildman–Crippen LogP) is 5.65. The van der Waals surface area contributed by atoms with Crippen molar-refractivity contribution in [1.82, 2.24) is 14.7 Å². The number of hydrogen-bond acceptors (Lipinski definition) is 5. The normalized spacial score (nSPS) is 14.8. The second-order valence-electron chi connectivity index (χ2n) is 9.07. The number of piperidine rings is 1. The van der Waals surface area contributed by atoms with Crippen molar-refractivity contribution in [3.8, 4) is 17.0 Å². The summed E-state index contributed by atoms with van der Waals surface area (Å²) in [4.78, 5) is 25.6. The summed E-state index contributed by atoms with van der Waals surface area (Å²) in [6.45, 7) is 8.94. The smallest absolute Gasteiger partial charge is 0.410 e. The number of anilines is 1. The van der Waals surface area contributed by atoms with E-state index in [1.54, 1.807) is 11.1 Å². The molecular weight excluding hydrogens is 556 g/mol. The van der Waals surface area contributed by atoms with Crippen molar-refractivity contribution in [2.45, 2.75) is 51.6 Å². The SMILES string of the molecule is CC(=O)Nc1ccc(OCC2CCN(C(=O)OC(C)(C)C)CC2)c(-c2c(Br)cnn2CBr)c1. The number of carbonyl (C=O) groups excluding carboxylic acids is 2. The first kappa shape index (κ1) is 25.6. The summed E-state index contributed by atoms with van der Waals surface area (Å²) < 4.78 is 14.4. The molecule has 0 radical (unpaired) electrons. The highest BCUT2D eigenvalue weighted by molar-refractivity contribution is 9.10. The fourth-order valence-corrected chi connectivity index (χ4v) is 4.55. The third-order valence-electron chi connectivity index (χ3n) is 5.20. The minimum atomic E-state index is -0.493. The molecule has 1 saturated heterocycles. The van der Waals surface area contributed by atoms with Gasteiger partial charge in [-0.2, -0.15) is 5.10 Å². The Morgan fingerprint density at radius 2 is 1.94 bits per heavy atom. The molecule has 10 heteroatoms. The van der Waals surface area contributed by atoms with Crippen molar-refractivity contribution in [2.75, 3.05) is 25.0 Å². The van der Waals surface area contributed by atoms with Crippen LogP contribution in [-0.4, -0.2) is 52.0 Å². The predicted molar refractivity (Wildman–Crippen MR) is 135 cm³/mol. The Labute approximate surface area is 211 Å². The van der Waals surface area contributed by atoms with E-state index in [2.05, 4.69) is 42.3 Å². The average molecular weight is 586 g/mol. The first-order chi connectivity index (χ1) is 15.6. The summed E-state index contributed by atoms with van der Waals surface area (Å²) >= 11 is 7.04. The highest BCUT2D eigenvalue weighted by Crippen LogP contribution is 2.38. The van der Waals surface area contributed by atoms with E-state index < -0.39 is 5.60 Å². The van der Waals surface area contributed by atoms with E-state index in [4.69, 9.17) is 9.47 Å². The molecule has 1 aromatic carbocycles. The minimum Gasteiger partial charge on any atom is -0.493 e. The van der Waals surface area contributed by atoms with Gasteiger partial charge >= 0.3 is 6.09 Å². The van der Waals surface area contributed by atoms with Gasteiger partial charge in [-0.3, -0.25) is 9.48 Å². The summed E-state index contributed by atoms with van der Waals surface area (Å²) in [6, 6.07) is 5.59. The lowest BCUT2D eigenvalue weighted by molar-refractivity contribution is -0.114. The Bertz CT molecular complexity index is 995. The molecule has 0 spiro atoms. The van der Waals surface area contributed by atoms with E-state index in [0.717, 1.165) is 28.6 Å². The van der Waals surface area contributed by atoms with E-state index in [-0.39, 0.29) is 12.0 Å². The van der Waals surface area contributed by atoms with Crippen molar-refractivity contribution >= 4 is 49.5 Å². The van der Waals surface area contributed by atoms with Gasteiger partial charge in [0.25, 0.3) is 0 Å². The third kappa shape index (κ3) is 6.96. The number of aromatic nitrogens is 2. The fourth-order valence-electron chi connectivity index (χ4n) is 3.66. The molecule has 0 atom stereocenters. The zero-order valence-corrected chi connectivity index (χ0v) is 22.5. The molecular formula is C23H30Br2N4O4. The van der Waals surface area contributed by atoms with Crippen LogP contribution in [-0.2, 0) is 15.0 Å². The number of amides is 2. The molecule has 1 aliphatic heterocycles. The number of rotatable bonds is 6. The Hall–Kier alpha value is -2.07. The van der Waals surface area contributed by atoms with Crippen LogP contribution in [0.1, 0.15) is 40.5 Å². The van der Waals surface area contributed by atoms with Crippen molar-refractivity contribution in [2.24, 2.45) is 5.92 Å². The van der Waals surface area contributed by atoms with Gasteiger partial charge in [0.1, 0.15) is 11.4 Å². The van der Waals surface area contributed by atoms with E-state index in [9.17, 15) is 9.59 Å². The summed E-state index contributed by atoms with van der Waals surface area (Å²) in [5.74, 6) is 0.901. The Balaban J connectivity index is 1.71. The van der Waals surface area contributed by atoms with Gasteiger partial charge in [0.2, 0.25) is 5.91 Å². The maximum Gasteiger partial charge on any atom is 0.410 e. The number of nitrogens with one attached hydrogen (secondary N) is 1. The molecule has 0 saturated carbocycles. The molecule has 3 rings (SSSR count). The number of nitrogens with zero attached hydrogens (tertiary/aromatic N) is 3. The highest BCUT2D eigenvalue weighted by atomic mass is 79.9. The lowest BCUT2D eigenvalue weighted by atomic mass is 9.98. The molecule has 1 N–H and O–H groups in total. The molecule has 0 aliphatic carbocycles. The van der Waals surface area contributed by atoms with Crippen LogP contribution in [0.15, 0.2) is 28.9 Å². The van der Waals surface area contributed by atoms with E-state index >= 15 is 0 Å². The van der Waals surface area contributed by atoms with Crippen molar-refractivity contribution in [3.63, 3.8) is 0 Å². The van der Waals surface area contributed by atoms with Crippen molar-refractivity contribution in [3.05, 3.63) is 28.9 Å². The molecule has 180 valence electrons. The van der Waals surface area contributed by atoms with Crippen LogP contribution in [0.5, 0.6) is 5.75 Å². The van der Waals surface area contributed by atoms with E-state index in [1.807, 2.05) is 43.7 Å². The van der Waals surface area contributed by atoms with E-state index in [1.165, 1.54) is 6.92 Å². The number of likely N-dealkylation sites (tertiary alicyclic amines) is 1. The number of benzene rings is 1. The van der Waals surface area contributed by atoms with Gasteiger partial charge in [-0.15, -0.1) is 0 Å². The van der Waals surface area contributed by atoms with E-state index in [0.29, 0.717) is 42.5 Å². The van der Waals surface area contributed by atoms with Gasteiger partial charge in [-0.05, 0) is 73.7 Å². The number of carbonyl (C=O) groups is 2. The molecule has 2 aromatic rings. The first-order valence-electron chi connectivity index (χ1n) is 10.9. The summed E-state index contributed by atoms with van der Waals surface area (Å²) in [5.41, 5.74) is 2.39. The number of hydrogen-bond donors (Lipinski definition) is 1. The van der Waals surface area contributed by atoms with Gasteiger partial charge in [0.05, 0.1) is 28.4 Å². The monoisotopic (exact) mass is 584 g/mol. The summed E-state index contributed by atoms with van der Waals surface area (Å²) in [5, 5.41) is 7.20. The first-order valence-corrected chi connectivity index (χ1v) is 12.8. The molecule has 2 amide bonds. The van der Waals surface area contributed by atoms with Crippen LogP contribution in [0.3, 0.4) is 0 Å². The number of halogens is 2. The highest BCUT2D eigenvalue weighted by Gasteiger charge is 2.27. The lowest BCUT2D eigenvalue weighted by Gasteiger charge is -2.33. The third-order valence-corrected chi connectivity index (χ3v) is 6.26. The van der Waals surface area contributed by atoms with Crippen LogP contribution in [0.25, 0.3) is 11.3 Å². The maximum absolute atomic E-state index is 12.3. The van der Waals surface area contributed by atoms with Gasteiger partial charge in [-0.1, -0.05) is 15.9 Å². The molecule has 8 nitrogen and oxygen atoms in total. The van der Waals surface area contributed by atoms with Gasteiger partial charge in [-0.25, -0.2) is 4.79 Å². The molecule has 33 heavy (non-hydrogen) atoms. The quantitative estimate of drug-likeness (QED) is 0.443. The van der Waals surface area contributed by atoms with Crippen LogP contribution < -0.4 is 10.1 Å². The van der Waals surface area contributed by atoms with Gasteiger partial charge < -0.3 is 19.7 Å². The van der Waals surface area contributed by atoms with Crippen molar-refractivity contribution in [1.29, 1.82) is 0 Å². The second kappa shape index (κ2) is 10.9. The fraction of sp³-hybridized carbons (Fsp3) is 0.522. The zero-order chi connectivity index (χ0) is 24.2. The molecule has 0 bridgehead atoms. The second-order valence-corrected chi connectivity index (χ2v) is 10.4. The zero-order valence-electron chi connectivity index (χ0n) is 19.4. The van der Waals surface area contributed by atoms with Gasteiger partial charge in [0.15, 0.2) is 0 Å². The molecule has 2 heterocycles. The van der Waals surface area contributed by atoms with Crippen molar-refractivity contribution < 1.29 is 19.1 Å². The average Bonchev–Trinajstić information content (AvgIpc) is 3.11. The molecule has 1 aromatic heterocycles. The maximum atomic E-state index is 12.3. The lowest BCUT2D eigenvalue weighted by Crippen LogP contribution is -2.42. The number of alkyl halides is 1. The topological polar surface area (TPSA) is 85.7 Å². The standard InChI is InChI=1S/C23H30Br2N4O4/c1-15(30)27-17-5-6-20(18(11-17)21-19(25)12-26-29(21)14-24)32-13-16-7-9-28(10-8-16)22(31)33-23(2,3)4/h5-6,11-12,16H,7-10,13-14H2,1-4H3,(H,27,30). The van der Waals surface area contributed by atoms with Crippen LogP contribution in [0.2, 0.25) is 0 Å².